The molecule has 0 saturated heterocycles. The fraction of sp³-hybridized carbons (Fsp3) is 0.385. The van der Waals surface area contributed by atoms with Crippen LogP contribution in [0.5, 0.6) is 0 Å². The molecule has 0 aliphatic heterocycles. The Morgan fingerprint density at radius 3 is 2.94 bits per heavy atom. The first-order valence-corrected chi connectivity index (χ1v) is 5.83. The first-order valence-electron chi connectivity index (χ1n) is 5.83. The van der Waals surface area contributed by atoms with E-state index in [0.29, 0.717) is 6.61 Å². The van der Waals surface area contributed by atoms with Crippen molar-refractivity contribution in [3.63, 3.8) is 0 Å². The van der Waals surface area contributed by atoms with Crippen LogP contribution < -0.4 is 5.32 Å². The second-order valence-electron chi connectivity index (χ2n) is 4.12. The SMILES string of the molecule is CC(C)OCCNc1cnnc2ccccc12. The largest absolute Gasteiger partial charge is 0.381 e. The van der Waals surface area contributed by atoms with E-state index in [2.05, 4.69) is 15.5 Å². The summed E-state index contributed by atoms with van der Waals surface area (Å²) in [5, 5.41) is 12.5. The molecular formula is C13H17N3O. The van der Waals surface area contributed by atoms with Crippen molar-refractivity contribution in [3.05, 3.63) is 30.5 Å². The lowest BCUT2D eigenvalue weighted by molar-refractivity contribution is 0.0871. The highest BCUT2D eigenvalue weighted by Gasteiger charge is 2.01. The lowest BCUT2D eigenvalue weighted by Crippen LogP contribution is -2.13. The maximum absolute atomic E-state index is 5.48. The summed E-state index contributed by atoms with van der Waals surface area (Å²) in [4.78, 5) is 0. The van der Waals surface area contributed by atoms with Crippen molar-refractivity contribution < 1.29 is 4.74 Å². The fourth-order valence-corrected chi connectivity index (χ4v) is 1.63. The van der Waals surface area contributed by atoms with Crippen molar-refractivity contribution in [2.45, 2.75) is 20.0 Å². The van der Waals surface area contributed by atoms with E-state index in [9.17, 15) is 0 Å². The lowest BCUT2D eigenvalue weighted by atomic mass is 10.2. The molecule has 0 amide bonds. The molecule has 0 atom stereocenters. The molecule has 4 nitrogen and oxygen atoms in total. The molecule has 1 heterocycles. The molecule has 0 radical (unpaired) electrons. The van der Waals surface area contributed by atoms with Gasteiger partial charge in [0, 0.05) is 11.9 Å². The van der Waals surface area contributed by atoms with Crippen LogP contribution in [0.25, 0.3) is 10.9 Å². The first kappa shape index (κ1) is 11.8. The predicted octanol–water partition coefficient (Wildman–Crippen LogP) is 2.47. The van der Waals surface area contributed by atoms with Crippen LogP contribution in [0.15, 0.2) is 30.5 Å². The molecule has 0 unspecified atom stereocenters. The maximum Gasteiger partial charge on any atom is 0.0950 e. The average Bonchev–Trinajstić information content (AvgIpc) is 2.34. The minimum absolute atomic E-state index is 0.268. The zero-order valence-electron chi connectivity index (χ0n) is 10.2. The Labute approximate surface area is 101 Å². The number of aromatic nitrogens is 2. The third-order valence-electron chi connectivity index (χ3n) is 2.42. The highest BCUT2D eigenvalue weighted by Crippen LogP contribution is 2.19. The van der Waals surface area contributed by atoms with Gasteiger partial charge in [0.15, 0.2) is 0 Å². The van der Waals surface area contributed by atoms with Crippen molar-refractivity contribution in [2.75, 3.05) is 18.5 Å². The molecule has 4 heteroatoms. The predicted molar refractivity (Wildman–Crippen MR) is 69.1 cm³/mol. The van der Waals surface area contributed by atoms with Gasteiger partial charge >= 0.3 is 0 Å². The number of rotatable bonds is 5. The van der Waals surface area contributed by atoms with Crippen LogP contribution in [0, 0.1) is 0 Å². The average molecular weight is 231 g/mol. The number of anilines is 1. The Balaban J connectivity index is 2.03. The van der Waals surface area contributed by atoms with Gasteiger partial charge in [-0.25, -0.2) is 0 Å². The zero-order valence-corrected chi connectivity index (χ0v) is 10.2. The van der Waals surface area contributed by atoms with E-state index >= 15 is 0 Å². The third kappa shape index (κ3) is 3.14. The number of nitrogens with one attached hydrogen (secondary N) is 1. The van der Waals surface area contributed by atoms with Crippen LogP contribution in [-0.2, 0) is 4.74 Å². The van der Waals surface area contributed by atoms with Gasteiger partial charge in [0.05, 0.1) is 30.1 Å². The Hall–Kier alpha value is -1.68. The molecule has 1 aromatic heterocycles. The van der Waals surface area contributed by atoms with Crippen molar-refractivity contribution >= 4 is 16.6 Å². The van der Waals surface area contributed by atoms with E-state index < -0.39 is 0 Å². The van der Waals surface area contributed by atoms with Crippen LogP contribution in [0.3, 0.4) is 0 Å². The zero-order chi connectivity index (χ0) is 12.1. The molecule has 0 fully saturated rings. The molecule has 0 aliphatic carbocycles. The number of nitrogens with zero attached hydrogens (tertiary/aromatic N) is 2. The molecule has 2 aromatic rings. The van der Waals surface area contributed by atoms with E-state index in [0.717, 1.165) is 23.1 Å². The fourth-order valence-electron chi connectivity index (χ4n) is 1.63. The summed E-state index contributed by atoms with van der Waals surface area (Å²) < 4.78 is 5.48. The first-order chi connectivity index (χ1) is 8.27. The van der Waals surface area contributed by atoms with E-state index in [-0.39, 0.29) is 6.10 Å². The van der Waals surface area contributed by atoms with Gasteiger partial charge in [-0.2, -0.15) is 10.2 Å². The van der Waals surface area contributed by atoms with Crippen LogP contribution in [0.2, 0.25) is 0 Å². The van der Waals surface area contributed by atoms with Gasteiger partial charge in [-0.05, 0) is 19.9 Å². The Morgan fingerprint density at radius 1 is 1.29 bits per heavy atom. The third-order valence-corrected chi connectivity index (χ3v) is 2.42. The summed E-state index contributed by atoms with van der Waals surface area (Å²) in [5.74, 6) is 0. The molecule has 2 rings (SSSR count). The molecule has 0 aliphatic rings. The minimum atomic E-state index is 0.268. The summed E-state index contributed by atoms with van der Waals surface area (Å²) in [5.41, 5.74) is 1.91. The summed E-state index contributed by atoms with van der Waals surface area (Å²) in [6.07, 6.45) is 2.02. The minimum Gasteiger partial charge on any atom is -0.381 e. The number of hydrogen-bond acceptors (Lipinski definition) is 4. The van der Waals surface area contributed by atoms with Gasteiger partial charge in [0.25, 0.3) is 0 Å². The molecule has 90 valence electrons. The smallest absolute Gasteiger partial charge is 0.0950 e. The van der Waals surface area contributed by atoms with Crippen molar-refractivity contribution in [2.24, 2.45) is 0 Å². The molecule has 17 heavy (non-hydrogen) atoms. The van der Waals surface area contributed by atoms with Gasteiger partial charge in [-0.1, -0.05) is 18.2 Å². The summed E-state index contributed by atoms with van der Waals surface area (Å²) in [7, 11) is 0. The second-order valence-corrected chi connectivity index (χ2v) is 4.12. The van der Waals surface area contributed by atoms with Crippen LogP contribution in [-0.4, -0.2) is 29.5 Å². The second kappa shape index (κ2) is 5.59. The van der Waals surface area contributed by atoms with Crippen molar-refractivity contribution in [1.29, 1.82) is 0 Å². The van der Waals surface area contributed by atoms with Crippen LogP contribution >= 0.6 is 0 Å². The van der Waals surface area contributed by atoms with Crippen LogP contribution in [0.1, 0.15) is 13.8 Å². The highest BCUT2D eigenvalue weighted by molar-refractivity contribution is 5.90. The van der Waals surface area contributed by atoms with Gasteiger partial charge < -0.3 is 10.1 Å². The molecule has 1 aromatic carbocycles. The lowest BCUT2D eigenvalue weighted by Gasteiger charge is -2.10. The monoisotopic (exact) mass is 231 g/mol. The summed E-state index contributed by atoms with van der Waals surface area (Å²) >= 11 is 0. The Morgan fingerprint density at radius 2 is 2.12 bits per heavy atom. The van der Waals surface area contributed by atoms with E-state index in [1.807, 2.05) is 38.1 Å². The van der Waals surface area contributed by atoms with E-state index in [1.54, 1.807) is 6.20 Å². The quantitative estimate of drug-likeness (QED) is 0.803. The molecule has 0 spiro atoms. The van der Waals surface area contributed by atoms with Crippen LogP contribution in [0.4, 0.5) is 5.69 Å². The van der Waals surface area contributed by atoms with E-state index in [1.165, 1.54) is 0 Å². The molecule has 0 bridgehead atoms. The number of fused-ring (bicyclic) bond motifs is 1. The van der Waals surface area contributed by atoms with Crippen molar-refractivity contribution in [3.8, 4) is 0 Å². The summed E-state index contributed by atoms with van der Waals surface area (Å²) in [6, 6.07) is 7.95. The van der Waals surface area contributed by atoms with Gasteiger partial charge in [-0.3, -0.25) is 0 Å². The number of benzene rings is 1. The Bertz CT molecular complexity index is 480. The van der Waals surface area contributed by atoms with E-state index in [4.69, 9.17) is 4.74 Å². The highest BCUT2D eigenvalue weighted by atomic mass is 16.5. The molecule has 0 saturated carbocycles. The standard InChI is InChI=1S/C13H17N3O/c1-10(2)17-8-7-14-13-9-15-16-12-6-4-3-5-11(12)13/h3-6,9-10H,7-8H2,1-2H3,(H,14,16). The van der Waals surface area contributed by atoms with Gasteiger partial charge in [-0.15, -0.1) is 0 Å². The van der Waals surface area contributed by atoms with Gasteiger partial charge in [0.2, 0.25) is 0 Å². The number of hydrogen-bond donors (Lipinski definition) is 1. The Kier molecular flexibility index (Phi) is 3.88. The topological polar surface area (TPSA) is 47.0 Å². The number of ether oxygens (including phenoxy) is 1. The van der Waals surface area contributed by atoms with Crippen molar-refractivity contribution in [1.82, 2.24) is 10.2 Å². The maximum atomic E-state index is 5.48. The van der Waals surface area contributed by atoms with Gasteiger partial charge in [0.1, 0.15) is 0 Å². The molecular weight excluding hydrogens is 214 g/mol. The summed E-state index contributed by atoms with van der Waals surface area (Å²) in [6.45, 7) is 5.52. The molecule has 1 N–H and O–H groups in total. The normalized spacial score (nSPS) is 11.0.